The molecule has 0 radical (unpaired) electrons. The van der Waals surface area contributed by atoms with E-state index in [1.54, 1.807) is 45.0 Å². The number of nitrogens with one attached hydrogen (secondary N) is 1. The first-order chi connectivity index (χ1) is 17.7. The number of benzene rings is 2. The zero-order valence-electron chi connectivity index (χ0n) is 23.3. The maximum Gasteiger partial charge on any atom is 0.408 e. The van der Waals surface area contributed by atoms with Gasteiger partial charge in [-0.25, -0.2) is 9.59 Å². The third kappa shape index (κ3) is 9.28. The Bertz CT molecular complexity index is 1100. The molecule has 1 unspecified atom stereocenters. The summed E-state index contributed by atoms with van der Waals surface area (Å²) in [6.45, 7) is 13.2. The van der Waals surface area contributed by atoms with Gasteiger partial charge in [-0.15, -0.1) is 0 Å². The van der Waals surface area contributed by atoms with E-state index in [2.05, 4.69) is 5.32 Å². The number of carbonyl (C=O) groups is 3. The van der Waals surface area contributed by atoms with E-state index in [1.165, 1.54) is 0 Å². The van der Waals surface area contributed by atoms with E-state index >= 15 is 0 Å². The maximum absolute atomic E-state index is 12.4. The molecule has 0 aliphatic heterocycles. The minimum atomic E-state index is -1.27. The summed E-state index contributed by atoms with van der Waals surface area (Å²) in [5, 5.41) is 11.9. The highest BCUT2D eigenvalue weighted by atomic mass is 16.6. The Hall–Kier alpha value is -3.75. The first-order valence-electron chi connectivity index (χ1n) is 12.6. The van der Waals surface area contributed by atoms with Crippen LogP contribution >= 0.6 is 0 Å². The summed E-state index contributed by atoms with van der Waals surface area (Å²) in [4.78, 5) is 36.1. The van der Waals surface area contributed by atoms with Crippen LogP contribution in [0.15, 0.2) is 42.5 Å². The molecule has 2 N–H and O–H groups in total. The van der Waals surface area contributed by atoms with Crippen molar-refractivity contribution in [2.45, 2.75) is 73.1 Å². The molecule has 208 valence electrons. The topological polar surface area (TPSA) is 120 Å². The van der Waals surface area contributed by atoms with Crippen molar-refractivity contribution < 1.29 is 38.4 Å². The highest BCUT2D eigenvalue weighted by Gasteiger charge is 2.27. The van der Waals surface area contributed by atoms with Crippen LogP contribution in [-0.4, -0.2) is 42.0 Å². The van der Waals surface area contributed by atoms with Gasteiger partial charge in [0.15, 0.2) is 6.04 Å². The lowest BCUT2D eigenvalue weighted by Crippen LogP contribution is -2.38. The molecule has 0 aliphatic rings. The SMILES string of the molecule is CCC(C)(C)C(=O)OCc1cccc(C)c1OCCOc1ccc(C(NC(=O)OC(C)(C)C)C(=O)O)cc1. The van der Waals surface area contributed by atoms with E-state index in [-0.39, 0.29) is 25.8 Å². The average Bonchev–Trinajstić information content (AvgIpc) is 2.83. The van der Waals surface area contributed by atoms with Crippen molar-refractivity contribution >= 4 is 18.0 Å². The molecule has 0 saturated carbocycles. The van der Waals surface area contributed by atoms with Crippen LogP contribution in [-0.2, 0) is 25.7 Å². The van der Waals surface area contributed by atoms with E-state index in [1.807, 2.05) is 45.9 Å². The Morgan fingerprint density at radius 2 is 1.58 bits per heavy atom. The number of para-hydroxylation sites is 1. The summed E-state index contributed by atoms with van der Waals surface area (Å²) < 4.78 is 22.4. The third-order valence-corrected chi connectivity index (χ3v) is 5.81. The second-order valence-corrected chi connectivity index (χ2v) is 10.6. The lowest BCUT2D eigenvalue weighted by Gasteiger charge is -2.22. The number of carbonyl (C=O) groups excluding carboxylic acids is 2. The molecule has 0 aromatic heterocycles. The second kappa shape index (κ2) is 13.2. The molecule has 2 aromatic rings. The van der Waals surface area contributed by atoms with Gasteiger partial charge in [0.1, 0.15) is 36.9 Å². The van der Waals surface area contributed by atoms with Crippen LogP contribution in [0.2, 0.25) is 0 Å². The zero-order valence-corrected chi connectivity index (χ0v) is 23.3. The van der Waals surface area contributed by atoms with Crippen LogP contribution in [0.25, 0.3) is 0 Å². The van der Waals surface area contributed by atoms with Crippen molar-refractivity contribution in [2.75, 3.05) is 13.2 Å². The minimum Gasteiger partial charge on any atom is -0.490 e. The summed E-state index contributed by atoms with van der Waals surface area (Å²) >= 11 is 0. The molecule has 0 spiro atoms. The van der Waals surface area contributed by atoms with Crippen LogP contribution in [0.1, 0.15) is 70.7 Å². The number of aryl methyl sites for hydroxylation is 1. The Morgan fingerprint density at radius 1 is 0.947 bits per heavy atom. The highest BCUT2D eigenvalue weighted by Crippen LogP contribution is 2.27. The molecule has 0 fully saturated rings. The van der Waals surface area contributed by atoms with E-state index in [9.17, 15) is 19.5 Å². The largest absolute Gasteiger partial charge is 0.490 e. The number of aliphatic carboxylic acids is 1. The molecule has 0 aliphatic carbocycles. The van der Waals surface area contributed by atoms with Gasteiger partial charge < -0.3 is 29.4 Å². The van der Waals surface area contributed by atoms with Crippen LogP contribution in [0.3, 0.4) is 0 Å². The molecule has 0 heterocycles. The van der Waals surface area contributed by atoms with E-state index in [4.69, 9.17) is 18.9 Å². The second-order valence-electron chi connectivity index (χ2n) is 10.6. The van der Waals surface area contributed by atoms with Crippen molar-refractivity contribution in [3.05, 3.63) is 59.2 Å². The maximum atomic E-state index is 12.4. The molecule has 9 heteroatoms. The summed E-state index contributed by atoms with van der Waals surface area (Å²) in [6, 6.07) is 10.8. The van der Waals surface area contributed by atoms with Gasteiger partial charge in [0.25, 0.3) is 0 Å². The number of amides is 1. The Kier molecular flexibility index (Phi) is 10.6. The van der Waals surface area contributed by atoms with Gasteiger partial charge in [-0.05, 0) is 71.2 Å². The van der Waals surface area contributed by atoms with Crippen LogP contribution in [0.5, 0.6) is 11.5 Å². The Morgan fingerprint density at radius 3 is 2.16 bits per heavy atom. The summed E-state index contributed by atoms with van der Waals surface area (Å²) in [6.07, 6.45) is -0.139. The quantitative estimate of drug-likeness (QED) is 0.270. The van der Waals surface area contributed by atoms with Crippen LogP contribution in [0, 0.1) is 12.3 Å². The van der Waals surface area contributed by atoms with Crippen molar-refractivity contribution in [1.29, 1.82) is 0 Å². The van der Waals surface area contributed by atoms with Gasteiger partial charge in [-0.1, -0.05) is 37.3 Å². The van der Waals surface area contributed by atoms with Crippen LogP contribution < -0.4 is 14.8 Å². The first kappa shape index (κ1) is 30.5. The zero-order chi connectivity index (χ0) is 28.5. The lowest BCUT2D eigenvalue weighted by molar-refractivity contribution is -0.155. The molecule has 38 heavy (non-hydrogen) atoms. The van der Waals surface area contributed by atoms with Gasteiger partial charge in [0, 0.05) is 5.56 Å². The van der Waals surface area contributed by atoms with Gasteiger partial charge in [0.05, 0.1) is 5.41 Å². The number of esters is 1. The lowest BCUT2D eigenvalue weighted by atomic mass is 9.91. The van der Waals surface area contributed by atoms with Gasteiger partial charge in [0.2, 0.25) is 0 Å². The predicted octanol–water partition coefficient (Wildman–Crippen LogP) is 5.58. The number of carboxylic acid groups (broad SMARTS) is 1. The molecule has 9 nitrogen and oxygen atoms in total. The summed E-state index contributed by atoms with van der Waals surface area (Å²) in [5.74, 6) is -0.313. The standard InChI is InChI=1S/C29H39NO8/c1-8-29(6,7)26(33)37-18-21-11-9-10-19(2)24(21)36-17-16-35-22-14-12-20(13-15-22)23(25(31)32)30-27(34)38-28(3,4)5/h9-15,23H,8,16-18H2,1-7H3,(H,30,34)(H,31,32). The van der Waals surface area contributed by atoms with E-state index in [0.717, 1.165) is 11.1 Å². The first-order valence-corrected chi connectivity index (χ1v) is 12.6. The fourth-order valence-corrected chi connectivity index (χ4v) is 3.29. The van der Waals surface area contributed by atoms with Gasteiger partial charge >= 0.3 is 18.0 Å². The molecular formula is C29H39NO8. The molecular weight excluding hydrogens is 490 g/mol. The summed E-state index contributed by atoms with van der Waals surface area (Å²) in [5.41, 5.74) is 0.756. The number of alkyl carbamates (subject to hydrolysis) is 1. The molecule has 0 bridgehead atoms. The smallest absolute Gasteiger partial charge is 0.408 e. The molecule has 0 saturated heterocycles. The molecule has 1 atom stereocenters. The average molecular weight is 530 g/mol. The van der Waals surface area contributed by atoms with Crippen molar-refractivity contribution in [3.8, 4) is 11.5 Å². The summed E-state index contributed by atoms with van der Waals surface area (Å²) in [7, 11) is 0. The predicted molar refractivity (Wildman–Crippen MR) is 142 cm³/mol. The minimum absolute atomic E-state index is 0.115. The number of ether oxygens (including phenoxy) is 4. The molecule has 2 aromatic carbocycles. The van der Waals surface area contributed by atoms with Gasteiger partial charge in [-0.3, -0.25) is 4.79 Å². The number of hydrogen-bond acceptors (Lipinski definition) is 7. The van der Waals surface area contributed by atoms with Crippen molar-refractivity contribution in [2.24, 2.45) is 5.41 Å². The van der Waals surface area contributed by atoms with Gasteiger partial charge in [-0.2, -0.15) is 0 Å². The fourth-order valence-electron chi connectivity index (χ4n) is 3.29. The van der Waals surface area contributed by atoms with E-state index < -0.39 is 29.1 Å². The number of carboxylic acids is 1. The normalized spacial score (nSPS) is 12.3. The molecule has 1 amide bonds. The van der Waals surface area contributed by atoms with E-state index in [0.29, 0.717) is 23.5 Å². The number of hydrogen-bond donors (Lipinski definition) is 2. The van der Waals surface area contributed by atoms with Crippen LogP contribution in [0.4, 0.5) is 4.79 Å². The fraction of sp³-hybridized carbons (Fsp3) is 0.483. The third-order valence-electron chi connectivity index (χ3n) is 5.81. The van der Waals surface area contributed by atoms with Crippen molar-refractivity contribution in [1.82, 2.24) is 5.32 Å². The Balaban J connectivity index is 1.94. The van der Waals surface area contributed by atoms with Crippen molar-refractivity contribution in [3.63, 3.8) is 0 Å². The molecule has 2 rings (SSSR count). The Labute approximate surface area is 224 Å². The monoisotopic (exact) mass is 529 g/mol. The number of rotatable bonds is 12. The highest BCUT2D eigenvalue weighted by molar-refractivity contribution is 5.81.